The average Bonchev–Trinajstić information content (AvgIpc) is 3.14. The van der Waals surface area contributed by atoms with E-state index in [9.17, 15) is 9.59 Å². The van der Waals surface area contributed by atoms with Gasteiger partial charge in [-0.1, -0.05) is 23.7 Å². The minimum Gasteiger partial charge on any atom is -0.332 e. The maximum absolute atomic E-state index is 13.0. The number of urea groups is 1. The maximum Gasteiger partial charge on any atom is 0.341 e. The van der Waals surface area contributed by atoms with Crippen LogP contribution in [0.3, 0.4) is 0 Å². The summed E-state index contributed by atoms with van der Waals surface area (Å²) in [5, 5.41) is 14.2. The molecule has 0 aliphatic carbocycles. The molecule has 148 valence electrons. The van der Waals surface area contributed by atoms with E-state index in [0.29, 0.717) is 29.3 Å². The number of nitrogens with zero attached hydrogens (tertiary/aromatic N) is 2. The molecule has 1 aliphatic heterocycles. The molecule has 0 radical (unpaired) electrons. The van der Waals surface area contributed by atoms with Crippen LogP contribution in [0.2, 0.25) is 5.02 Å². The van der Waals surface area contributed by atoms with Crippen LogP contribution in [-0.4, -0.2) is 33.9 Å². The lowest BCUT2D eigenvalue weighted by atomic mass is 9.88. The van der Waals surface area contributed by atoms with Crippen molar-refractivity contribution >= 4 is 45.8 Å². The Morgan fingerprint density at radius 3 is 2.79 bits per heavy atom. The molecule has 2 atom stereocenters. The summed E-state index contributed by atoms with van der Waals surface area (Å²) in [6.45, 7) is 1.72. The largest absolute Gasteiger partial charge is 0.341 e. The Kier molecular flexibility index (Phi) is 5.31. The van der Waals surface area contributed by atoms with Gasteiger partial charge in [-0.25, -0.2) is 9.79 Å². The molecule has 29 heavy (non-hydrogen) atoms. The summed E-state index contributed by atoms with van der Waals surface area (Å²) in [4.78, 5) is 28.9. The number of aryl methyl sites for hydroxylation is 1. The first-order valence-corrected chi connectivity index (χ1v) is 9.71. The minimum absolute atomic E-state index is 0.199. The zero-order chi connectivity index (χ0) is 20.4. The lowest BCUT2D eigenvalue weighted by Crippen LogP contribution is -2.51. The molecule has 3 N–H and O–H groups in total. The normalized spacial score (nSPS) is 19.0. The van der Waals surface area contributed by atoms with Crippen molar-refractivity contribution in [2.45, 2.75) is 25.8 Å². The number of aromatic nitrogens is 2. The minimum atomic E-state index is -0.542. The molecule has 0 saturated carbocycles. The van der Waals surface area contributed by atoms with E-state index in [1.807, 2.05) is 42.5 Å². The number of aliphatic imine (C=N–C) groups is 1. The molecule has 0 spiro atoms. The maximum atomic E-state index is 13.0. The summed E-state index contributed by atoms with van der Waals surface area (Å²) in [5.74, 6) is -0.741. The van der Waals surface area contributed by atoms with Gasteiger partial charge in [0.15, 0.2) is 0 Å². The molecule has 8 heteroatoms. The number of aromatic amines is 1. The van der Waals surface area contributed by atoms with Crippen molar-refractivity contribution < 1.29 is 9.59 Å². The van der Waals surface area contributed by atoms with Crippen molar-refractivity contribution in [3.8, 4) is 0 Å². The highest BCUT2D eigenvalue weighted by Crippen LogP contribution is 2.22. The zero-order valence-corrected chi connectivity index (χ0v) is 16.5. The molecule has 4 rings (SSSR count). The Morgan fingerprint density at radius 2 is 2.00 bits per heavy atom. The van der Waals surface area contributed by atoms with Crippen LogP contribution in [0.5, 0.6) is 0 Å². The lowest BCUT2D eigenvalue weighted by Gasteiger charge is -2.30. The number of rotatable bonds is 5. The summed E-state index contributed by atoms with van der Waals surface area (Å²) < 4.78 is 0. The number of carbonyl (C=O) groups is 2. The standard InChI is InChI=1S/C21H20ClN5O2/c1-12-19(20(28)25-16-7-9-17-14(10-16)11-23-27-17)18(26-21(29)24-12)8-4-13-2-5-15(22)6-3-13/h2-3,5-7,9-11,18-19H,4,8H2,1H3,(H,23,27)(H,25,28)(H,26,29). The lowest BCUT2D eigenvalue weighted by molar-refractivity contribution is -0.118. The van der Waals surface area contributed by atoms with Crippen LogP contribution in [0.25, 0.3) is 10.9 Å². The van der Waals surface area contributed by atoms with Crippen LogP contribution in [0, 0.1) is 5.92 Å². The van der Waals surface area contributed by atoms with Crippen molar-refractivity contribution in [1.82, 2.24) is 15.5 Å². The van der Waals surface area contributed by atoms with E-state index in [1.165, 1.54) is 0 Å². The molecule has 2 heterocycles. The molecule has 1 aliphatic rings. The highest BCUT2D eigenvalue weighted by atomic mass is 35.5. The van der Waals surface area contributed by atoms with Gasteiger partial charge in [-0.2, -0.15) is 5.10 Å². The summed E-state index contributed by atoms with van der Waals surface area (Å²) in [6.07, 6.45) is 3.02. The van der Waals surface area contributed by atoms with Gasteiger partial charge >= 0.3 is 6.03 Å². The Morgan fingerprint density at radius 1 is 1.21 bits per heavy atom. The van der Waals surface area contributed by atoms with Gasteiger partial charge in [0, 0.05) is 27.8 Å². The van der Waals surface area contributed by atoms with E-state index >= 15 is 0 Å². The molecule has 1 aromatic heterocycles. The van der Waals surface area contributed by atoms with Gasteiger partial charge in [-0.05, 0) is 55.7 Å². The fraction of sp³-hybridized carbons (Fsp3) is 0.238. The molecule has 3 amide bonds. The number of fused-ring (bicyclic) bond motifs is 1. The van der Waals surface area contributed by atoms with Crippen molar-refractivity contribution in [3.05, 3.63) is 59.2 Å². The van der Waals surface area contributed by atoms with Crippen LogP contribution < -0.4 is 10.6 Å². The molecular weight excluding hydrogens is 390 g/mol. The van der Waals surface area contributed by atoms with Crippen LogP contribution in [-0.2, 0) is 11.2 Å². The number of hydrogen-bond acceptors (Lipinski definition) is 3. The van der Waals surface area contributed by atoms with E-state index in [0.717, 1.165) is 16.5 Å². The second-order valence-corrected chi connectivity index (χ2v) is 7.55. The SMILES string of the molecule is CC1=NC(=O)NC(CCc2ccc(Cl)cc2)C1C(=O)Nc1ccc2[nH]ncc2c1. The average molecular weight is 410 g/mol. The van der Waals surface area contributed by atoms with Crippen LogP contribution >= 0.6 is 11.6 Å². The van der Waals surface area contributed by atoms with Gasteiger partial charge < -0.3 is 10.6 Å². The number of benzene rings is 2. The van der Waals surface area contributed by atoms with Gasteiger partial charge in [-0.3, -0.25) is 9.89 Å². The van der Waals surface area contributed by atoms with E-state index in [2.05, 4.69) is 25.8 Å². The van der Waals surface area contributed by atoms with Crippen molar-refractivity contribution in [2.24, 2.45) is 10.9 Å². The molecule has 0 fully saturated rings. The fourth-order valence-corrected chi connectivity index (χ4v) is 3.75. The summed E-state index contributed by atoms with van der Waals surface area (Å²) >= 11 is 5.94. The van der Waals surface area contributed by atoms with Crippen LogP contribution in [0.1, 0.15) is 18.9 Å². The second kappa shape index (κ2) is 8.05. The third-order valence-corrected chi connectivity index (χ3v) is 5.34. The molecule has 7 nitrogen and oxygen atoms in total. The summed E-state index contributed by atoms with van der Waals surface area (Å²) in [6, 6.07) is 12.3. The van der Waals surface area contributed by atoms with Crippen molar-refractivity contribution in [3.63, 3.8) is 0 Å². The number of anilines is 1. The fourth-order valence-electron chi connectivity index (χ4n) is 3.62. The molecule has 2 unspecified atom stereocenters. The monoisotopic (exact) mass is 409 g/mol. The predicted octanol–water partition coefficient (Wildman–Crippen LogP) is 3.96. The second-order valence-electron chi connectivity index (χ2n) is 7.11. The Balaban J connectivity index is 1.50. The number of halogens is 1. The number of H-pyrrole nitrogens is 1. The van der Waals surface area contributed by atoms with E-state index < -0.39 is 11.9 Å². The first-order chi connectivity index (χ1) is 14.0. The number of amides is 3. The van der Waals surface area contributed by atoms with Crippen molar-refractivity contribution in [2.75, 3.05) is 5.32 Å². The van der Waals surface area contributed by atoms with Crippen LogP contribution in [0.15, 0.2) is 53.7 Å². The van der Waals surface area contributed by atoms with Gasteiger partial charge in [0.1, 0.15) is 0 Å². The molecule has 0 bridgehead atoms. The van der Waals surface area contributed by atoms with E-state index in [4.69, 9.17) is 11.6 Å². The molecule has 0 saturated heterocycles. The summed E-state index contributed by atoms with van der Waals surface area (Å²) in [5.41, 5.74) is 3.17. The molecule has 3 aromatic rings. The van der Waals surface area contributed by atoms with E-state index in [-0.39, 0.29) is 11.9 Å². The van der Waals surface area contributed by atoms with Crippen LogP contribution in [0.4, 0.5) is 10.5 Å². The Bertz CT molecular complexity index is 1090. The summed E-state index contributed by atoms with van der Waals surface area (Å²) in [7, 11) is 0. The molecule has 2 aromatic carbocycles. The molecular formula is C21H20ClN5O2. The quantitative estimate of drug-likeness (QED) is 0.594. The topological polar surface area (TPSA) is 99.2 Å². The van der Waals surface area contributed by atoms with Crippen molar-refractivity contribution in [1.29, 1.82) is 0 Å². The van der Waals surface area contributed by atoms with Gasteiger partial charge in [0.05, 0.1) is 17.6 Å². The first-order valence-electron chi connectivity index (χ1n) is 9.34. The number of carbonyl (C=O) groups excluding carboxylic acids is 2. The van der Waals surface area contributed by atoms with E-state index in [1.54, 1.807) is 13.1 Å². The van der Waals surface area contributed by atoms with Gasteiger partial charge in [0.25, 0.3) is 0 Å². The smallest absolute Gasteiger partial charge is 0.332 e. The number of hydrogen-bond donors (Lipinski definition) is 3. The van der Waals surface area contributed by atoms with Gasteiger partial charge in [0.2, 0.25) is 5.91 Å². The number of nitrogens with one attached hydrogen (secondary N) is 3. The Hall–Kier alpha value is -3.19. The highest BCUT2D eigenvalue weighted by molar-refractivity contribution is 6.30. The first kappa shape index (κ1) is 19.1. The third-order valence-electron chi connectivity index (χ3n) is 5.09. The van der Waals surface area contributed by atoms with Gasteiger partial charge in [-0.15, -0.1) is 0 Å². The predicted molar refractivity (Wildman–Crippen MR) is 113 cm³/mol. The zero-order valence-electron chi connectivity index (χ0n) is 15.8. The third kappa shape index (κ3) is 4.30. The Labute approximate surface area is 172 Å². The highest BCUT2D eigenvalue weighted by Gasteiger charge is 2.35.